The van der Waals surface area contributed by atoms with Crippen LogP contribution >= 0.6 is 11.6 Å². The monoisotopic (exact) mass is 318 g/mol. The smallest absolute Gasteiger partial charge is 0.431 e. The van der Waals surface area contributed by atoms with Crippen LogP contribution in [0.4, 0.5) is 22.0 Å². The molecule has 0 spiro atoms. The van der Waals surface area contributed by atoms with Gasteiger partial charge in [-0.05, 0) is 17.7 Å². The Kier molecular flexibility index (Phi) is 5.55. The molecule has 0 fully saturated rings. The summed E-state index contributed by atoms with van der Waals surface area (Å²) < 4.78 is 68.1. The van der Waals surface area contributed by atoms with Gasteiger partial charge in [0, 0.05) is 6.42 Å². The molecule has 0 amide bonds. The lowest BCUT2D eigenvalue weighted by molar-refractivity contribution is -0.275. The Bertz CT molecular complexity index is 476. The van der Waals surface area contributed by atoms with Crippen LogP contribution < -0.4 is 9.47 Å². The molecule has 20 heavy (non-hydrogen) atoms. The second-order valence-electron chi connectivity index (χ2n) is 3.56. The summed E-state index contributed by atoms with van der Waals surface area (Å²) in [6.07, 6.45) is -5.32. The van der Waals surface area contributed by atoms with E-state index < -0.39 is 30.3 Å². The van der Waals surface area contributed by atoms with Crippen molar-refractivity contribution in [2.45, 2.75) is 19.4 Å². The number of benzene rings is 1. The van der Waals surface area contributed by atoms with E-state index in [-0.39, 0.29) is 17.9 Å². The molecule has 0 bridgehead atoms. The first-order chi connectivity index (χ1) is 9.21. The highest BCUT2D eigenvalue weighted by Gasteiger charge is 2.33. The van der Waals surface area contributed by atoms with Crippen molar-refractivity contribution in [1.82, 2.24) is 0 Å². The lowest BCUT2D eigenvalue weighted by Gasteiger charge is -2.14. The first-order valence-electron chi connectivity index (χ1n) is 5.12. The van der Waals surface area contributed by atoms with Gasteiger partial charge in [0.1, 0.15) is 0 Å². The third-order valence-corrected chi connectivity index (χ3v) is 2.30. The van der Waals surface area contributed by atoms with Gasteiger partial charge < -0.3 is 9.47 Å². The van der Waals surface area contributed by atoms with Gasteiger partial charge >= 0.3 is 13.0 Å². The Labute approximate surface area is 115 Å². The number of carbonyl (C=O) groups is 1. The molecule has 9 heteroatoms. The fourth-order valence-electron chi connectivity index (χ4n) is 1.34. The third-order valence-electron chi connectivity index (χ3n) is 2.00. The fourth-order valence-corrected chi connectivity index (χ4v) is 1.43. The normalized spacial score (nSPS) is 11.6. The Morgan fingerprint density at radius 1 is 1.25 bits per heavy atom. The standard InChI is InChI=1S/C11H8ClF5O3/c12-5-7(18)3-6-1-2-8(19-10(13)14)9(4-6)20-11(15,16)17/h1-2,4,10H,3,5H2. The van der Waals surface area contributed by atoms with E-state index in [0.717, 1.165) is 12.1 Å². The third kappa shape index (κ3) is 5.60. The number of halogens is 6. The van der Waals surface area contributed by atoms with Gasteiger partial charge in [-0.25, -0.2) is 0 Å². The van der Waals surface area contributed by atoms with Crippen LogP contribution in [0, 0.1) is 0 Å². The molecule has 112 valence electrons. The number of Topliss-reactive ketones (excluding diaryl/α,β-unsaturated/α-hetero) is 1. The van der Waals surface area contributed by atoms with E-state index in [1.165, 1.54) is 6.07 Å². The SMILES string of the molecule is O=C(CCl)Cc1ccc(OC(F)F)c(OC(F)(F)F)c1. The predicted molar refractivity (Wildman–Crippen MR) is 59.2 cm³/mol. The van der Waals surface area contributed by atoms with Crippen molar-refractivity contribution in [3.05, 3.63) is 23.8 Å². The average molecular weight is 319 g/mol. The zero-order valence-corrected chi connectivity index (χ0v) is 10.5. The van der Waals surface area contributed by atoms with Crippen LogP contribution in [0.25, 0.3) is 0 Å². The van der Waals surface area contributed by atoms with Crippen molar-refractivity contribution in [1.29, 1.82) is 0 Å². The number of ketones is 1. The molecule has 0 aromatic heterocycles. The van der Waals surface area contributed by atoms with E-state index in [4.69, 9.17) is 11.6 Å². The number of hydrogen-bond acceptors (Lipinski definition) is 3. The summed E-state index contributed by atoms with van der Waals surface area (Å²) in [7, 11) is 0. The number of alkyl halides is 6. The van der Waals surface area contributed by atoms with Crippen molar-refractivity contribution in [2.24, 2.45) is 0 Å². The maximum absolute atomic E-state index is 12.2. The quantitative estimate of drug-likeness (QED) is 0.594. The van der Waals surface area contributed by atoms with E-state index in [0.29, 0.717) is 0 Å². The van der Waals surface area contributed by atoms with Gasteiger partial charge in [-0.2, -0.15) is 8.78 Å². The molecule has 0 unspecified atom stereocenters. The Morgan fingerprint density at radius 3 is 2.40 bits per heavy atom. The molecule has 0 radical (unpaired) electrons. The summed E-state index contributed by atoms with van der Waals surface area (Å²) in [6, 6.07) is 2.84. The van der Waals surface area contributed by atoms with Crippen molar-refractivity contribution in [2.75, 3.05) is 5.88 Å². The highest BCUT2D eigenvalue weighted by atomic mass is 35.5. The zero-order chi connectivity index (χ0) is 15.3. The molecule has 0 aliphatic carbocycles. The fraction of sp³-hybridized carbons (Fsp3) is 0.364. The second kappa shape index (κ2) is 6.74. The lowest BCUT2D eigenvalue weighted by Crippen LogP contribution is -2.18. The average Bonchev–Trinajstić information content (AvgIpc) is 2.30. The summed E-state index contributed by atoms with van der Waals surface area (Å²) in [5, 5.41) is 0. The molecule has 0 heterocycles. The van der Waals surface area contributed by atoms with Gasteiger partial charge in [0.2, 0.25) is 0 Å². The minimum Gasteiger partial charge on any atom is -0.431 e. The van der Waals surface area contributed by atoms with E-state index >= 15 is 0 Å². The number of rotatable bonds is 6. The molecular weight excluding hydrogens is 311 g/mol. The highest BCUT2D eigenvalue weighted by molar-refractivity contribution is 6.27. The molecule has 0 aliphatic rings. The van der Waals surface area contributed by atoms with Crippen molar-refractivity contribution < 1.29 is 36.2 Å². The van der Waals surface area contributed by atoms with Crippen LogP contribution in [-0.4, -0.2) is 24.6 Å². The van der Waals surface area contributed by atoms with Crippen LogP contribution in [0.2, 0.25) is 0 Å². The minimum absolute atomic E-state index is 0.136. The summed E-state index contributed by atoms with van der Waals surface area (Å²) in [5.74, 6) is -2.48. The minimum atomic E-state index is -5.07. The number of ether oxygens (including phenoxy) is 2. The van der Waals surface area contributed by atoms with Crippen LogP contribution in [-0.2, 0) is 11.2 Å². The molecule has 0 saturated heterocycles. The zero-order valence-electron chi connectivity index (χ0n) is 9.72. The maximum Gasteiger partial charge on any atom is 0.573 e. The molecule has 0 atom stereocenters. The molecule has 0 N–H and O–H groups in total. The van der Waals surface area contributed by atoms with Crippen molar-refractivity contribution in [3.63, 3.8) is 0 Å². The molecular formula is C11H8ClF5O3. The lowest BCUT2D eigenvalue weighted by atomic mass is 10.1. The van der Waals surface area contributed by atoms with Gasteiger partial charge in [0.25, 0.3) is 0 Å². The Balaban J connectivity index is 3.04. The van der Waals surface area contributed by atoms with E-state index in [1.807, 2.05) is 0 Å². The van der Waals surface area contributed by atoms with Gasteiger partial charge in [-0.3, -0.25) is 4.79 Å². The van der Waals surface area contributed by atoms with Gasteiger partial charge in [0.15, 0.2) is 17.3 Å². The van der Waals surface area contributed by atoms with Crippen LogP contribution in [0.15, 0.2) is 18.2 Å². The van der Waals surface area contributed by atoms with E-state index in [1.54, 1.807) is 0 Å². The molecule has 1 rings (SSSR count). The summed E-state index contributed by atoms with van der Waals surface area (Å²) >= 11 is 5.26. The Morgan fingerprint density at radius 2 is 1.90 bits per heavy atom. The van der Waals surface area contributed by atoms with Gasteiger partial charge in [-0.1, -0.05) is 6.07 Å². The van der Waals surface area contributed by atoms with Crippen molar-refractivity contribution >= 4 is 17.4 Å². The Hall–Kier alpha value is -1.57. The molecule has 0 aliphatic heterocycles. The predicted octanol–water partition coefficient (Wildman–Crippen LogP) is 3.54. The number of carbonyl (C=O) groups excluding carboxylic acids is 1. The molecule has 3 nitrogen and oxygen atoms in total. The highest BCUT2D eigenvalue weighted by Crippen LogP contribution is 2.34. The molecule has 0 saturated carbocycles. The molecule has 1 aromatic rings. The topological polar surface area (TPSA) is 35.5 Å². The molecule has 1 aromatic carbocycles. The maximum atomic E-state index is 12.2. The van der Waals surface area contributed by atoms with Gasteiger partial charge in [0.05, 0.1) is 5.88 Å². The van der Waals surface area contributed by atoms with Gasteiger partial charge in [-0.15, -0.1) is 24.8 Å². The van der Waals surface area contributed by atoms with Crippen LogP contribution in [0.1, 0.15) is 5.56 Å². The summed E-state index contributed by atoms with van der Waals surface area (Å²) in [5.41, 5.74) is 0.136. The van der Waals surface area contributed by atoms with E-state index in [9.17, 15) is 26.7 Å². The summed E-state index contributed by atoms with van der Waals surface area (Å²) in [6.45, 7) is -3.30. The summed E-state index contributed by atoms with van der Waals surface area (Å²) in [4.78, 5) is 11.1. The van der Waals surface area contributed by atoms with E-state index in [2.05, 4.69) is 9.47 Å². The van der Waals surface area contributed by atoms with Crippen molar-refractivity contribution in [3.8, 4) is 11.5 Å². The second-order valence-corrected chi connectivity index (χ2v) is 3.82. The van der Waals surface area contributed by atoms with Crippen LogP contribution in [0.5, 0.6) is 11.5 Å². The number of hydrogen-bond donors (Lipinski definition) is 0. The largest absolute Gasteiger partial charge is 0.573 e. The van der Waals surface area contributed by atoms with Crippen LogP contribution in [0.3, 0.4) is 0 Å². The first-order valence-corrected chi connectivity index (χ1v) is 5.66. The first kappa shape index (κ1) is 16.5.